The molecule has 8 heteroatoms. The van der Waals surface area contributed by atoms with Crippen LogP contribution < -0.4 is 0 Å². The predicted octanol–water partition coefficient (Wildman–Crippen LogP) is 4.66. The highest BCUT2D eigenvalue weighted by Gasteiger charge is 2.30. The van der Waals surface area contributed by atoms with Crippen molar-refractivity contribution in [2.45, 2.75) is 13.1 Å². The first-order valence-corrected chi connectivity index (χ1v) is 7.03. The number of hydrogen-bond acceptors (Lipinski definition) is 4. The first-order chi connectivity index (χ1) is 9.82. The van der Waals surface area contributed by atoms with Crippen molar-refractivity contribution in [2.24, 2.45) is 0 Å². The Bertz CT molecular complexity index is 652. The second kappa shape index (κ2) is 6.03. The molecule has 0 aliphatic carbocycles. The van der Waals surface area contributed by atoms with Crippen molar-refractivity contribution < 1.29 is 22.7 Å². The summed E-state index contributed by atoms with van der Waals surface area (Å²) in [6.07, 6.45) is -4.41. The molecule has 0 atom stereocenters. The molecule has 21 heavy (non-hydrogen) atoms. The van der Waals surface area contributed by atoms with E-state index in [1.165, 1.54) is 12.1 Å². The molecule has 0 bridgehead atoms. The van der Waals surface area contributed by atoms with Gasteiger partial charge in [0.25, 0.3) is 0 Å². The molecular formula is C13H9ClF3NO2S. The van der Waals surface area contributed by atoms with E-state index in [-0.39, 0.29) is 21.6 Å². The number of hydrogen-bond donors (Lipinski definition) is 0. The maximum atomic E-state index is 12.5. The minimum absolute atomic E-state index is 0.118. The molecule has 2 aromatic rings. The number of esters is 1. The van der Waals surface area contributed by atoms with Gasteiger partial charge in [-0.25, -0.2) is 9.78 Å². The summed E-state index contributed by atoms with van der Waals surface area (Å²) in [5.41, 5.74) is -0.184. The zero-order valence-electron chi connectivity index (χ0n) is 10.7. The smallest absolute Gasteiger partial charge is 0.416 e. The van der Waals surface area contributed by atoms with Gasteiger partial charge in [-0.1, -0.05) is 35.1 Å². The van der Waals surface area contributed by atoms with Crippen LogP contribution in [-0.4, -0.2) is 17.6 Å². The Morgan fingerprint density at radius 1 is 1.33 bits per heavy atom. The Labute approximate surface area is 127 Å². The molecule has 0 unspecified atom stereocenters. The number of ether oxygens (including phenoxy) is 1. The van der Waals surface area contributed by atoms with E-state index in [0.717, 1.165) is 23.5 Å². The topological polar surface area (TPSA) is 39.2 Å². The molecule has 1 aromatic carbocycles. The Balaban J connectivity index is 2.40. The molecule has 0 saturated heterocycles. The molecule has 0 saturated carbocycles. The van der Waals surface area contributed by atoms with Crippen LogP contribution >= 0.6 is 22.9 Å². The lowest BCUT2D eigenvalue weighted by Gasteiger charge is -2.07. The molecular weight excluding hydrogens is 327 g/mol. The standard InChI is InChI=1S/C13H9ClF3NO2S/c1-2-20-11(19)10-9(18-12(14)21-10)7-3-5-8(6-4-7)13(15,16)17/h3-6H,2H2,1H3. The average Bonchev–Trinajstić information content (AvgIpc) is 2.80. The Kier molecular flexibility index (Phi) is 4.53. The van der Waals surface area contributed by atoms with Crippen LogP contribution in [-0.2, 0) is 10.9 Å². The zero-order chi connectivity index (χ0) is 15.6. The summed E-state index contributed by atoms with van der Waals surface area (Å²) in [4.78, 5) is 15.9. The van der Waals surface area contributed by atoms with Gasteiger partial charge in [0, 0.05) is 5.56 Å². The summed E-state index contributed by atoms with van der Waals surface area (Å²) >= 11 is 6.71. The third-order valence-electron chi connectivity index (χ3n) is 2.55. The molecule has 0 aliphatic rings. The van der Waals surface area contributed by atoms with Crippen LogP contribution in [0, 0.1) is 0 Å². The number of halogens is 4. The van der Waals surface area contributed by atoms with E-state index in [1.54, 1.807) is 6.92 Å². The minimum atomic E-state index is -4.41. The van der Waals surface area contributed by atoms with Gasteiger partial charge in [0.15, 0.2) is 4.47 Å². The molecule has 0 radical (unpaired) electrons. The van der Waals surface area contributed by atoms with Crippen molar-refractivity contribution >= 4 is 28.9 Å². The molecule has 0 spiro atoms. The van der Waals surface area contributed by atoms with Gasteiger partial charge in [0.2, 0.25) is 0 Å². The molecule has 0 fully saturated rings. The highest BCUT2D eigenvalue weighted by atomic mass is 35.5. The Morgan fingerprint density at radius 2 is 1.95 bits per heavy atom. The highest BCUT2D eigenvalue weighted by Crippen LogP contribution is 2.34. The van der Waals surface area contributed by atoms with E-state index in [2.05, 4.69) is 4.98 Å². The molecule has 3 nitrogen and oxygen atoms in total. The molecule has 1 heterocycles. The normalized spacial score (nSPS) is 11.5. The molecule has 1 aromatic heterocycles. The van der Waals surface area contributed by atoms with Crippen molar-refractivity contribution in [3.8, 4) is 11.3 Å². The van der Waals surface area contributed by atoms with E-state index in [4.69, 9.17) is 16.3 Å². The monoisotopic (exact) mass is 335 g/mol. The van der Waals surface area contributed by atoms with Crippen molar-refractivity contribution in [1.29, 1.82) is 0 Å². The quantitative estimate of drug-likeness (QED) is 0.766. The largest absolute Gasteiger partial charge is 0.462 e. The van der Waals surface area contributed by atoms with E-state index < -0.39 is 17.7 Å². The number of benzene rings is 1. The van der Waals surface area contributed by atoms with Crippen LogP contribution in [0.2, 0.25) is 4.47 Å². The van der Waals surface area contributed by atoms with Crippen molar-refractivity contribution in [2.75, 3.05) is 6.61 Å². The third kappa shape index (κ3) is 3.54. The number of carbonyl (C=O) groups excluding carboxylic acids is 1. The number of thiazole rings is 1. The minimum Gasteiger partial charge on any atom is -0.462 e. The first-order valence-electron chi connectivity index (χ1n) is 5.84. The molecule has 112 valence electrons. The lowest BCUT2D eigenvalue weighted by Crippen LogP contribution is -2.05. The van der Waals surface area contributed by atoms with Crippen molar-refractivity contribution in [1.82, 2.24) is 4.98 Å². The SMILES string of the molecule is CCOC(=O)c1sc(Cl)nc1-c1ccc(C(F)(F)F)cc1. The van der Waals surface area contributed by atoms with E-state index in [0.29, 0.717) is 5.56 Å². The summed E-state index contributed by atoms with van der Waals surface area (Å²) in [6, 6.07) is 4.35. The maximum Gasteiger partial charge on any atom is 0.416 e. The van der Waals surface area contributed by atoms with Gasteiger partial charge in [-0.2, -0.15) is 13.2 Å². The van der Waals surface area contributed by atoms with Gasteiger partial charge in [0.05, 0.1) is 17.9 Å². The predicted molar refractivity (Wildman–Crippen MR) is 73.5 cm³/mol. The van der Waals surface area contributed by atoms with Crippen LogP contribution in [0.4, 0.5) is 13.2 Å². The summed E-state index contributed by atoms with van der Waals surface area (Å²) in [5.74, 6) is -0.600. The summed E-state index contributed by atoms with van der Waals surface area (Å²) < 4.78 is 42.6. The fourth-order valence-corrected chi connectivity index (χ4v) is 2.67. The first kappa shape index (κ1) is 15.8. The van der Waals surface area contributed by atoms with Gasteiger partial charge in [-0.15, -0.1) is 0 Å². The molecule has 0 N–H and O–H groups in total. The van der Waals surface area contributed by atoms with E-state index >= 15 is 0 Å². The van der Waals surface area contributed by atoms with E-state index in [9.17, 15) is 18.0 Å². The van der Waals surface area contributed by atoms with Gasteiger partial charge >= 0.3 is 12.1 Å². The summed E-state index contributed by atoms with van der Waals surface area (Å²) in [6.45, 7) is 1.83. The third-order valence-corrected chi connectivity index (χ3v) is 3.69. The van der Waals surface area contributed by atoms with Crippen LogP contribution in [0.1, 0.15) is 22.2 Å². The number of aromatic nitrogens is 1. The Hall–Kier alpha value is -1.60. The maximum absolute atomic E-state index is 12.5. The van der Waals surface area contributed by atoms with Crippen molar-refractivity contribution in [3.63, 3.8) is 0 Å². The van der Waals surface area contributed by atoms with Crippen LogP contribution in [0.5, 0.6) is 0 Å². The fraction of sp³-hybridized carbons (Fsp3) is 0.231. The highest BCUT2D eigenvalue weighted by molar-refractivity contribution is 7.17. The number of rotatable bonds is 3. The number of alkyl halides is 3. The summed E-state index contributed by atoms with van der Waals surface area (Å²) in [7, 11) is 0. The lowest BCUT2D eigenvalue weighted by atomic mass is 10.1. The summed E-state index contributed by atoms with van der Waals surface area (Å²) in [5, 5.41) is 0. The van der Waals surface area contributed by atoms with Gasteiger partial charge < -0.3 is 4.74 Å². The van der Waals surface area contributed by atoms with Crippen molar-refractivity contribution in [3.05, 3.63) is 39.2 Å². The number of nitrogens with zero attached hydrogens (tertiary/aromatic N) is 1. The van der Waals surface area contributed by atoms with Crippen LogP contribution in [0.25, 0.3) is 11.3 Å². The van der Waals surface area contributed by atoms with Crippen LogP contribution in [0.15, 0.2) is 24.3 Å². The fourth-order valence-electron chi connectivity index (χ4n) is 1.64. The average molecular weight is 336 g/mol. The molecule has 2 rings (SSSR count). The van der Waals surface area contributed by atoms with Gasteiger partial charge in [-0.3, -0.25) is 0 Å². The second-order valence-electron chi connectivity index (χ2n) is 3.94. The van der Waals surface area contributed by atoms with Gasteiger partial charge in [0.1, 0.15) is 4.88 Å². The lowest BCUT2D eigenvalue weighted by molar-refractivity contribution is -0.137. The zero-order valence-corrected chi connectivity index (χ0v) is 12.3. The van der Waals surface area contributed by atoms with Gasteiger partial charge in [-0.05, 0) is 19.1 Å². The Morgan fingerprint density at radius 3 is 2.48 bits per heavy atom. The molecule has 0 aliphatic heterocycles. The van der Waals surface area contributed by atoms with E-state index in [1.807, 2.05) is 0 Å². The van der Waals surface area contributed by atoms with Crippen LogP contribution in [0.3, 0.4) is 0 Å². The second-order valence-corrected chi connectivity index (χ2v) is 5.52. The molecule has 0 amide bonds. The number of carbonyl (C=O) groups is 1.